The molecule has 4 aromatic rings. The van der Waals surface area contributed by atoms with E-state index in [1.165, 1.54) is 30.6 Å². The van der Waals surface area contributed by atoms with Crippen LogP contribution < -0.4 is 15.7 Å². The molecule has 2 heterocycles. The Bertz CT molecular complexity index is 1140. The maximum atomic E-state index is 13.0. The highest BCUT2D eigenvalue weighted by Gasteiger charge is 2.15. The first-order chi connectivity index (χ1) is 12.6. The van der Waals surface area contributed by atoms with Gasteiger partial charge in [-0.25, -0.2) is 9.18 Å². The van der Waals surface area contributed by atoms with E-state index in [9.17, 15) is 9.18 Å². The molecule has 0 spiro atoms. The Balaban J connectivity index is 1.70. The van der Waals surface area contributed by atoms with Crippen molar-refractivity contribution in [1.29, 1.82) is 0 Å². The third-order valence-corrected chi connectivity index (χ3v) is 4.57. The zero-order valence-corrected chi connectivity index (χ0v) is 14.3. The van der Waals surface area contributed by atoms with Crippen molar-refractivity contribution >= 4 is 33.1 Å². The quantitative estimate of drug-likeness (QED) is 0.543. The summed E-state index contributed by atoms with van der Waals surface area (Å²) in [5, 5.41) is 12.7. The third-order valence-electron chi connectivity index (χ3n) is 3.69. The smallest absolute Gasteiger partial charge is 0.346 e. The molecule has 0 aliphatic heterocycles. The van der Waals surface area contributed by atoms with Gasteiger partial charge in [0.2, 0.25) is 5.13 Å². The van der Waals surface area contributed by atoms with Gasteiger partial charge in [-0.15, -0.1) is 10.2 Å². The Labute approximate surface area is 150 Å². The fourth-order valence-corrected chi connectivity index (χ4v) is 3.23. The van der Waals surface area contributed by atoms with E-state index in [4.69, 9.17) is 9.15 Å². The SMILES string of the molecule is COc1cccc2cc(-c3nnc(Nc4ccc(F)cc4)s3)c(=O)oc12. The molecule has 0 atom stereocenters. The summed E-state index contributed by atoms with van der Waals surface area (Å²) in [6.45, 7) is 0. The molecule has 0 saturated carbocycles. The van der Waals surface area contributed by atoms with E-state index >= 15 is 0 Å². The number of nitrogens with zero attached hydrogens (tertiary/aromatic N) is 2. The number of hydrogen-bond donors (Lipinski definition) is 1. The number of ether oxygens (including phenoxy) is 1. The minimum Gasteiger partial charge on any atom is -0.493 e. The first-order valence-electron chi connectivity index (χ1n) is 7.61. The van der Waals surface area contributed by atoms with Crippen LogP contribution in [-0.4, -0.2) is 17.3 Å². The van der Waals surface area contributed by atoms with Gasteiger partial charge in [-0.05, 0) is 36.4 Å². The van der Waals surface area contributed by atoms with Crippen molar-refractivity contribution in [1.82, 2.24) is 10.2 Å². The molecular formula is C18H12FN3O3S. The molecular weight excluding hydrogens is 357 g/mol. The molecule has 0 saturated heterocycles. The van der Waals surface area contributed by atoms with Gasteiger partial charge in [0.15, 0.2) is 16.3 Å². The molecule has 0 radical (unpaired) electrons. The highest BCUT2D eigenvalue weighted by molar-refractivity contribution is 7.18. The maximum absolute atomic E-state index is 13.0. The predicted molar refractivity (Wildman–Crippen MR) is 97.6 cm³/mol. The number of anilines is 2. The minimum atomic E-state index is -0.522. The van der Waals surface area contributed by atoms with E-state index in [0.29, 0.717) is 32.7 Å². The highest BCUT2D eigenvalue weighted by atomic mass is 32.1. The normalized spacial score (nSPS) is 10.8. The lowest BCUT2D eigenvalue weighted by Gasteiger charge is -2.04. The van der Waals surface area contributed by atoms with Crippen molar-refractivity contribution in [3.05, 3.63) is 64.8 Å². The van der Waals surface area contributed by atoms with Gasteiger partial charge in [0.25, 0.3) is 0 Å². The number of methoxy groups -OCH3 is 1. The van der Waals surface area contributed by atoms with E-state index in [0.717, 1.165) is 5.39 Å². The van der Waals surface area contributed by atoms with Crippen molar-refractivity contribution in [3.8, 4) is 16.3 Å². The van der Waals surface area contributed by atoms with Crippen LogP contribution >= 0.6 is 11.3 Å². The zero-order valence-electron chi connectivity index (χ0n) is 13.5. The zero-order chi connectivity index (χ0) is 18.1. The number of fused-ring (bicyclic) bond motifs is 1. The summed E-state index contributed by atoms with van der Waals surface area (Å²) in [6, 6.07) is 12.9. The van der Waals surface area contributed by atoms with Gasteiger partial charge in [0.05, 0.1) is 12.7 Å². The molecule has 0 aliphatic rings. The lowest BCUT2D eigenvalue weighted by molar-refractivity contribution is 0.407. The van der Waals surface area contributed by atoms with Crippen LogP contribution in [-0.2, 0) is 0 Å². The van der Waals surface area contributed by atoms with Crippen LogP contribution in [0.3, 0.4) is 0 Å². The lowest BCUT2D eigenvalue weighted by Crippen LogP contribution is -2.03. The standard InChI is InChI=1S/C18H12FN3O3S/c1-24-14-4-2-3-10-9-13(17(23)25-15(10)14)16-21-22-18(26-16)20-12-7-5-11(19)6-8-12/h2-9H,1H3,(H,20,22). The Morgan fingerprint density at radius 2 is 1.96 bits per heavy atom. The van der Waals surface area contributed by atoms with Crippen LogP contribution in [0.5, 0.6) is 5.75 Å². The molecule has 0 aliphatic carbocycles. The molecule has 26 heavy (non-hydrogen) atoms. The van der Waals surface area contributed by atoms with Crippen molar-refractivity contribution in [2.75, 3.05) is 12.4 Å². The molecule has 2 aromatic carbocycles. The van der Waals surface area contributed by atoms with Gasteiger partial charge in [-0.1, -0.05) is 23.5 Å². The van der Waals surface area contributed by atoms with E-state index in [-0.39, 0.29) is 5.82 Å². The monoisotopic (exact) mass is 369 g/mol. The third kappa shape index (κ3) is 3.02. The van der Waals surface area contributed by atoms with Crippen molar-refractivity contribution in [2.45, 2.75) is 0 Å². The number of para-hydroxylation sites is 1. The number of benzene rings is 2. The molecule has 0 bridgehead atoms. The minimum absolute atomic E-state index is 0.315. The number of nitrogens with one attached hydrogen (secondary N) is 1. The molecule has 6 nitrogen and oxygen atoms in total. The summed E-state index contributed by atoms with van der Waals surface area (Å²) in [7, 11) is 1.51. The summed E-state index contributed by atoms with van der Waals surface area (Å²) in [5.74, 6) is 0.166. The first kappa shape index (κ1) is 16.2. The van der Waals surface area contributed by atoms with Gasteiger partial charge in [-0.2, -0.15) is 0 Å². The van der Waals surface area contributed by atoms with E-state index in [1.54, 1.807) is 24.3 Å². The second-order valence-corrected chi connectivity index (χ2v) is 6.35. The Morgan fingerprint density at radius 3 is 2.73 bits per heavy atom. The summed E-state index contributed by atoms with van der Waals surface area (Å²) in [4.78, 5) is 12.4. The largest absolute Gasteiger partial charge is 0.493 e. The molecule has 4 rings (SSSR count). The predicted octanol–water partition coefficient (Wildman–Crippen LogP) is 4.20. The van der Waals surface area contributed by atoms with Gasteiger partial charge in [0, 0.05) is 11.1 Å². The van der Waals surface area contributed by atoms with E-state index < -0.39 is 5.63 Å². The van der Waals surface area contributed by atoms with Crippen LogP contribution in [0.2, 0.25) is 0 Å². The van der Waals surface area contributed by atoms with Crippen LogP contribution in [0.15, 0.2) is 57.7 Å². The molecule has 0 unspecified atom stereocenters. The first-order valence-corrected chi connectivity index (χ1v) is 8.43. The Hall–Kier alpha value is -3.26. The van der Waals surface area contributed by atoms with Crippen molar-refractivity contribution in [2.24, 2.45) is 0 Å². The average molecular weight is 369 g/mol. The molecule has 0 amide bonds. The Morgan fingerprint density at radius 1 is 1.15 bits per heavy atom. The van der Waals surface area contributed by atoms with Crippen LogP contribution in [0.4, 0.5) is 15.2 Å². The Kier molecular flexibility index (Phi) is 4.10. The van der Waals surface area contributed by atoms with Crippen LogP contribution in [0.1, 0.15) is 0 Å². The number of rotatable bonds is 4. The summed E-state index contributed by atoms with van der Waals surface area (Å²) in [5.41, 5.74) is 0.851. The molecule has 1 N–H and O–H groups in total. The molecule has 0 fully saturated rings. The summed E-state index contributed by atoms with van der Waals surface area (Å²) >= 11 is 1.20. The summed E-state index contributed by atoms with van der Waals surface area (Å²) in [6.07, 6.45) is 0. The fourth-order valence-electron chi connectivity index (χ4n) is 2.47. The average Bonchev–Trinajstić information content (AvgIpc) is 3.11. The van der Waals surface area contributed by atoms with Crippen LogP contribution in [0, 0.1) is 5.82 Å². The topological polar surface area (TPSA) is 77.3 Å². The number of halogens is 1. The number of aromatic nitrogens is 2. The molecule has 8 heteroatoms. The van der Waals surface area contributed by atoms with Gasteiger partial charge < -0.3 is 14.5 Å². The maximum Gasteiger partial charge on any atom is 0.346 e. The van der Waals surface area contributed by atoms with E-state index in [1.807, 2.05) is 12.1 Å². The fraction of sp³-hybridized carbons (Fsp3) is 0.0556. The van der Waals surface area contributed by atoms with Crippen molar-refractivity contribution < 1.29 is 13.5 Å². The number of hydrogen-bond acceptors (Lipinski definition) is 7. The summed E-state index contributed by atoms with van der Waals surface area (Å²) < 4.78 is 23.6. The van der Waals surface area contributed by atoms with E-state index in [2.05, 4.69) is 15.5 Å². The second kappa shape index (κ2) is 6.57. The molecule has 130 valence electrons. The van der Waals surface area contributed by atoms with Crippen LogP contribution in [0.25, 0.3) is 21.5 Å². The van der Waals surface area contributed by atoms with Gasteiger partial charge in [-0.3, -0.25) is 0 Å². The second-order valence-electron chi connectivity index (χ2n) is 5.37. The molecule has 2 aromatic heterocycles. The van der Waals surface area contributed by atoms with Gasteiger partial charge >= 0.3 is 5.63 Å². The highest BCUT2D eigenvalue weighted by Crippen LogP contribution is 2.30. The van der Waals surface area contributed by atoms with Crippen molar-refractivity contribution in [3.63, 3.8) is 0 Å². The van der Waals surface area contributed by atoms with Gasteiger partial charge in [0.1, 0.15) is 5.82 Å². The lowest BCUT2D eigenvalue weighted by atomic mass is 10.2.